The molecule has 2 fully saturated rings. The number of hydrogen-bond donors (Lipinski definition) is 1. The van der Waals surface area contributed by atoms with E-state index in [4.69, 9.17) is 0 Å². The SMILES string of the molecule is Cn1nnc(Br)c1S(=O)(=O)N1C2CCC1CC(O)C2. The lowest BCUT2D eigenvalue weighted by Gasteiger charge is -2.35. The first-order valence-corrected chi connectivity index (χ1v) is 8.41. The quantitative estimate of drug-likeness (QED) is 0.826. The van der Waals surface area contributed by atoms with Crippen molar-refractivity contribution < 1.29 is 13.5 Å². The Balaban J connectivity index is 2.03. The number of aromatic nitrogens is 3. The molecule has 1 N–H and O–H groups in total. The van der Waals surface area contributed by atoms with E-state index in [1.54, 1.807) is 11.4 Å². The summed E-state index contributed by atoms with van der Waals surface area (Å²) in [6.45, 7) is 0. The number of hydrogen-bond acceptors (Lipinski definition) is 5. The predicted octanol–water partition coefficient (Wildman–Crippen LogP) is 0.254. The molecule has 3 heterocycles. The number of halogens is 1. The Morgan fingerprint density at radius 2 is 1.89 bits per heavy atom. The van der Waals surface area contributed by atoms with Gasteiger partial charge >= 0.3 is 0 Å². The number of piperidine rings is 1. The fourth-order valence-electron chi connectivity index (χ4n) is 3.19. The molecule has 2 aliphatic heterocycles. The molecule has 0 spiro atoms. The van der Waals surface area contributed by atoms with Gasteiger partial charge in [-0.05, 0) is 41.6 Å². The minimum Gasteiger partial charge on any atom is -0.393 e. The van der Waals surface area contributed by atoms with Crippen molar-refractivity contribution in [3.63, 3.8) is 0 Å². The van der Waals surface area contributed by atoms with E-state index in [9.17, 15) is 13.5 Å². The normalized spacial score (nSPS) is 31.8. The molecule has 2 bridgehead atoms. The van der Waals surface area contributed by atoms with Crippen LogP contribution in [0.2, 0.25) is 0 Å². The van der Waals surface area contributed by atoms with Gasteiger partial charge in [0.1, 0.15) is 0 Å². The monoisotopic (exact) mass is 350 g/mol. The maximum absolute atomic E-state index is 12.8. The van der Waals surface area contributed by atoms with Gasteiger partial charge in [-0.3, -0.25) is 0 Å². The molecule has 7 nitrogen and oxygen atoms in total. The molecule has 19 heavy (non-hydrogen) atoms. The third-order valence-electron chi connectivity index (χ3n) is 3.90. The van der Waals surface area contributed by atoms with Crippen LogP contribution in [-0.2, 0) is 17.1 Å². The van der Waals surface area contributed by atoms with Crippen molar-refractivity contribution in [2.24, 2.45) is 7.05 Å². The van der Waals surface area contributed by atoms with Crippen LogP contribution in [0.25, 0.3) is 0 Å². The van der Waals surface area contributed by atoms with Gasteiger partial charge in [0, 0.05) is 19.1 Å². The molecule has 0 aliphatic carbocycles. The van der Waals surface area contributed by atoms with Crippen LogP contribution in [0.5, 0.6) is 0 Å². The Morgan fingerprint density at radius 1 is 1.32 bits per heavy atom. The topological polar surface area (TPSA) is 88.3 Å². The highest BCUT2D eigenvalue weighted by Gasteiger charge is 2.48. The van der Waals surface area contributed by atoms with Crippen molar-refractivity contribution in [3.8, 4) is 0 Å². The van der Waals surface area contributed by atoms with Gasteiger partial charge in [-0.25, -0.2) is 13.1 Å². The zero-order chi connectivity index (χ0) is 13.8. The van der Waals surface area contributed by atoms with E-state index in [0.29, 0.717) is 12.8 Å². The van der Waals surface area contributed by atoms with Crippen LogP contribution < -0.4 is 0 Å². The maximum atomic E-state index is 12.8. The van der Waals surface area contributed by atoms with Gasteiger partial charge in [0.2, 0.25) is 5.03 Å². The number of aliphatic hydroxyl groups excluding tert-OH is 1. The van der Waals surface area contributed by atoms with E-state index in [-0.39, 0.29) is 21.7 Å². The number of rotatable bonds is 2. The molecule has 9 heteroatoms. The first kappa shape index (κ1) is 13.5. The summed E-state index contributed by atoms with van der Waals surface area (Å²) in [6.07, 6.45) is 2.25. The van der Waals surface area contributed by atoms with Crippen molar-refractivity contribution in [2.75, 3.05) is 0 Å². The van der Waals surface area contributed by atoms with E-state index < -0.39 is 16.1 Å². The molecule has 2 aliphatic rings. The van der Waals surface area contributed by atoms with Crippen LogP contribution >= 0.6 is 15.9 Å². The summed E-state index contributed by atoms with van der Waals surface area (Å²) < 4.78 is 28.6. The minimum absolute atomic E-state index is 0.0841. The van der Waals surface area contributed by atoms with E-state index in [2.05, 4.69) is 26.2 Å². The average molecular weight is 351 g/mol. The van der Waals surface area contributed by atoms with Gasteiger partial charge in [0.25, 0.3) is 10.0 Å². The van der Waals surface area contributed by atoms with Crippen molar-refractivity contribution in [1.29, 1.82) is 0 Å². The maximum Gasteiger partial charge on any atom is 0.263 e. The predicted molar refractivity (Wildman–Crippen MR) is 69.8 cm³/mol. The molecule has 0 radical (unpaired) electrons. The summed E-state index contributed by atoms with van der Waals surface area (Å²) >= 11 is 3.14. The van der Waals surface area contributed by atoms with Gasteiger partial charge < -0.3 is 5.11 Å². The molecule has 0 saturated carbocycles. The molecular formula is C10H15BrN4O3S. The van der Waals surface area contributed by atoms with Crippen LogP contribution in [0.1, 0.15) is 25.7 Å². The van der Waals surface area contributed by atoms with Crippen molar-refractivity contribution >= 4 is 26.0 Å². The second kappa shape index (κ2) is 4.51. The number of fused-ring (bicyclic) bond motifs is 2. The number of sulfonamides is 1. The summed E-state index contributed by atoms with van der Waals surface area (Å²) in [6, 6.07) is -0.221. The van der Waals surface area contributed by atoms with Crippen LogP contribution in [0.4, 0.5) is 0 Å². The molecule has 2 saturated heterocycles. The summed E-state index contributed by atoms with van der Waals surface area (Å²) in [5.74, 6) is 0. The first-order valence-electron chi connectivity index (χ1n) is 6.18. The molecule has 106 valence electrons. The van der Waals surface area contributed by atoms with Crippen LogP contribution in [0, 0.1) is 0 Å². The molecule has 1 aromatic rings. The van der Waals surface area contributed by atoms with Crippen LogP contribution in [0.3, 0.4) is 0 Å². The highest BCUT2D eigenvalue weighted by atomic mass is 79.9. The Morgan fingerprint density at radius 3 is 2.37 bits per heavy atom. The lowest BCUT2D eigenvalue weighted by molar-refractivity contribution is 0.0766. The Kier molecular flexibility index (Phi) is 3.19. The third-order valence-corrected chi connectivity index (χ3v) is 6.79. The van der Waals surface area contributed by atoms with E-state index >= 15 is 0 Å². The first-order chi connectivity index (χ1) is 8.91. The number of aliphatic hydroxyl groups is 1. The second-order valence-electron chi connectivity index (χ2n) is 5.15. The fraction of sp³-hybridized carbons (Fsp3) is 0.800. The standard InChI is InChI=1S/C10H15BrN4O3S/c1-14-10(9(11)12-13-14)19(17,18)15-6-2-3-7(15)5-8(16)4-6/h6-8,16H,2-5H2,1H3. The van der Waals surface area contributed by atoms with Crippen molar-refractivity contribution in [1.82, 2.24) is 19.3 Å². The van der Waals surface area contributed by atoms with Gasteiger partial charge in [0.15, 0.2) is 4.60 Å². The van der Waals surface area contributed by atoms with Gasteiger partial charge in [-0.1, -0.05) is 5.21 Å². The molecular weight excluding hydrogens is 336 g/mol. The third kappa shape index (κ3) is 2.03. The largest absolute Gasteiger partial charge is 0.393 e. The Labute approximate surface area is 119 Å². The molecule has 2 atom stereocenters. The van der Waals surface area contributed by atoms with Crippen molar-refractivity contribution in [3.05, 3.63) is 4.60 Å². The number of aryl methyl sites for hydroxylation is 1. The summed E-state index contributed by atoms with van der Waals surface area (Å²) in [7, 11) is -2.07. The van der Waals surface area contributed by atoms with Crippen LogP contribution in [-0.4, -0.2) is 51.0 Å². The van der Waals surface area contributed by atoms with E-state index in [1.165, 1.54) is 4.68 Å². The van der Waals surface area contributed by atoms with Crippen LogP contribution in [0.15, 0.2) is 9.63 Å². The summed E-state index contributed by atoms with van der Waals surface area (Å²) in [5.41, 5.74) is 0. The molecule has 2 unspecified atom stereocenters. The van der Waals surface area contributed by atoms with Gasteiger partial charge in [0.05, 0.1) is 6.10 Å². The summed E-state index contributed by atoms with van der Waals surface area (Å²) in [5, 5.41) is 17.3. The van der Waals surface area contributed by atoms with E-state index in [1.807, 2.05) is 0 Å². The molecule has 3 rings (SSSR count). The van der Waals surface area contributed by atoms with Gasteiger partial charge in [-0.15, -0.1) is 5.10 Å². The zero-order valence-electron chi connectivity index (χ0n) is 10.4. The summed E-state index contributed by atoms with van der Waals surface area (Å²) in [4.78, 5) is 0. The molecule has 0 aromatic carbocycles. The Hall–Kier alpha value is -0.510. The minimum atomic E-state index is -3.63. The van der Waals surface area contributed by atoms with Crippen molar-refractivity contribution in [2.45, 2.75) is 48.9 Å². The highest BCUT2D eigenvalue weighted by Crippen LogP contribution is 2.40. The Bertz CT molecular complexity index is 568. The van der Waals surface area contributed by atoms with Gasteiger partial charge in [-0.2, -0.15) is 4.31 Å². The van der Waals surface area contributed by atoms with E-state index in [0.717, 1.165) is 12.8 Å². The lowest BCUT2D eigenvalue weighted by Crippen LogP contribution is -2.48. The second-order valence-corrected chi connectivity index (χ2v) is 7.66. The molecule has 1 aromatic heterocycles. The fourth-order valence-corrected chi connectivity index (χ4v) is 6.13. The molecule has 0 amide bonds. The lowest BCUT2D eigenvalue weighted by atomic mass is 10.0. The highest BCUT2D eigenvalue weighted by molar-refractivity contribution is 9.10. The number of nitrogens with zero attached hydrogens (tertiary/aromatic N) is 4. The smallest absolute Gasteiger partial charge is 0.263 e. The zero-order valence-corrected chi connectivity index (χ0v) is 12.8. The average Bonchev–Trinajstić information content (AvgIpc) is 2.79.